The van der Waals surface area contributed by atoms with Crippen molar-refractivity contribution in [3.63, 3.8) is 0 Å². The molecular formula is C23H26F9N3O3. The van der Waals surface area contributed by atoms with Gasteiger partial charge >= 0.3 is 24.6 Å². The number of rotatable bonds is 4. The van der Waals surface area contributed by atoms with Gasteiger partial charge in [-0.15, -0.1) is 0 Å². The molecule has 38 heavy (non-hydrogen) atoms. The Morgan fingerprint density at radius 2 is 1.50 bits per heavy atom. The zero-order valence-electron chi connectivity index (χ0n) is 20.1. The lowest BCUT2D eigenvalue weighted by Crippen LogP contribution is -2.60. The molecule has 0 saturated carbocycles. The van der Waals surface area contributed by atoms with Crippen molar-refractivity contribution in [3.05, 3.63) is 29.3 Å². The number of benzene rings is 1. The van der Waals surface area contributed by atoms with Crippen molar-refractivity contribution in [1.82, 2.24) is 9.80 Å². The first-order chi connectivity index (χ1) is 17.6. The lowest BCUT2D eigenvalue weighted by atomic mass is 9.72. The molecule has 1 amide bonds. The number of carbonyl (C=O) groups excluding carboxylic acids is 1. The van der Waals surface area contributed by atoms with E-state index in [0.29, 0.717) is 45.1 Å². The van der Waals surface area contributed by atoms with Crippen molar-refractivity contribution >= 4 is 11.8 Å². The molecule has 6 nitrogen and oxygen atoms in total. The number of anilines is 1. The van der Waals surface area contributed by atoms with Crippen LogP contribution >= 0.6 is 0 Å². The van der Waals surface area contributed by atoms with Gasteiger partial charge in [-0.1, -0.05) is 6.07 Å². The molecule has 4 rings (SSSR count). The molecule has 0 radical (unpaired) electrons. The lowest BCUT2D eigenvalue weighted by molar-refractivity contribution is -0.308. The molecule has 214 valence electrons. The molecule has 0 bridgehead atoms. The molecule has 0 N–H and O–H groups in total. The number of amides is 1. The summed E-state index contributed by atoms with van der Waals surface area (Å²) in [6, 6.07) is 4.05. The topological polar surface area (TPSA) is 45.2 Å². The van der Waals surface area contributed by atoms with E-state index in [1.807, 2.05) is 9.80 Å². The van der Waals surface area contributed by atoms with E-state index in [9.17, 15) is 44.3 Å². The van der Waals surface area contributed by atoms with Gasteiger partial charge < -0.3 is 19.3 Å². The molecule has 0 atom stereocenters. The van der Waals surface area contributed by atoms with Gasteiger partial charge in [0.15, 0.2) is 0 Å². The molecule has 1 aromatic carbocycles. The van der Waals surface area contributed by atoms with Gasteiger partial charge in [-0.3, -0.25) is 4.90 Å². The average Bonchev–Trinajstić information content (AvgIpc) is 2.80. The van der Waals surface area contributed by atoms with Gasteiger partial charge in [-0.25, -0.2) is 4.79 Å². The van der Waals surface area contributed by atoms with Crippen LogP contribution in [0.15, 0.2) is 18.2 Å². The van der Waals surface area contributed by atoms with Crippen LogP contribution < -0.4 is 4.90 Å². The largest absolute Gasteiger partial charge is 0.434 e. The second-order valence-corrected chi connectivity index (χ2v) is 9.88. The van der Waals surface area contributed by atoms with Crippen LogP contribution in [0, 0.1) is 5.41 Å². The number of nitrogens with zero attached hydrogens (tertiary/aromatic N) is 3. The Kier molecular flexibility index (Phi) is 7.73. The van der Waals surface area contributed by atoms with Gasteiger partial charge in [-0.2, -0.15) is 39.5 Å². The van der Waals surface area contributed by atoms with Gasteiger partial charge in [0.2, 0.25) is 0 Å². The van der Waals surface area contributed by atoms with Crippen LogP contribution in [-0.4, -0.2) is 86.8 Å². The highest BCUT2D eigenvalue weighted by molar-refractivity contribution is 5.68. The van der Waals surface area contributed by atoms with Crippen molar-refractivity contribution in [1.29, 1.82) is 0 Å². The van der Waals surface area contributed by atoms with E-state index >= 15 is 0 Å². The molecule has 0 aliphatic carbocycles. The number of morpholine rings is 1. The Balaban J connectivity index is 1.38. The summed E-state index contributed by atoms with van der Waals surface area (Å²) in [7, 11) is 0. The predicted octanol–water partition coefficient (Wildman–Crippen LogP) is 5.07. The zero-order valence-corrected chi connectivity index (χ0v) is 20.1. The van der Waals surface area contributed by atoms with Gasteiger partial charge in [0, 0.05) is 57.1 Å². The molecule has 3 saturated heterocycles. The van der Waals surface area contributed by atoms with Crippen LogP contribution in [0.5, 0.6) is 0 Å². The number of halogens is 9. The monoisotopic (exact) mass is 563 g/mol. The van der Waals surface area contributed by atoms with E-state index in [0.717, 1.165) is 11.0 Å². The summed E-state index contributed by atoms with van der Waals surface area (Å²) in [5.41, 5.74) is -0.506. The smallest absolute Gasteiger partial charge is 0.426 e. The summed E-state index contributed by atoms with van der Waals surface area (Å²) >= 11 is 0. The molecule has 1 spiro atoms. The van der Waals surface area contributed by atoms with Crippen molar-refractivity contribution in [2.24, 2.45) is 5.41 Å². The normalized spacial score (nSPS) is 21.1. The first kappa shape index (κ1) is 28.6. The summed E-state index contributed by atoms with van der Waals surface area (Å²) in [5, 5.41) is 0. The maximum absolute atomic E-state index is 13.8. The molecular weight excluding hydrogens is 537 g/mol. The van der Waals surface area contributed by atoms with E-state index in [4.69, 9.17) is 4.74 Å². The molecule has 3 heterocycles. The minimum Gasteiger partial charge on any atom is -0.426 e. The number of likely N-dealkylation sites (tertiary alicyclic amines) is 2. The van der Waals surface area contributed by atoms with Crippen LogP contribution in [0.3, 0.4) is 0 Å². The Labute approximate surface area is 212 Å². The molecule has 0 aromatic heterocycles. The number of hydrogen-bond acceptors (Lipinski definition) is 5. The Morgan fingerprint density at radius 3 is 2.03 bits per heavy atom. The highest BCUT2D eigenvalue weighted by Crippen LogP contribution is 2.44. The van der Waals surface area contributed by atoms with Gasteiger partial charge in [0.25, 0.3) is 6.10 Å². The van der Waals surface area contributed by atoms with Crippen LogP contribution in [-0.2, 0) is 22.2 Å². The number of ether oxygens (including phenoxy) is 2. The number of piperidine rings is 1. The Morgan fingerprint density at radius 1 is 0.921 bits per heavy atom. The standard InChI is InChI=1S/C23H26F9N3O3/c24-21(25,26)16-2-1-3-17(34-8-10-37-11-9-34)15(16)12-33-13-20(14-33)4-6-35(7-5-20)19(36)38-18(22(27,28)29)23(30,31)32/h1-3,18H,4-14H2. The zero-order chi connectivity index (χ0) is 27.9. The summed E-state index contributed by atoms with van der Waals surface area (Å²) in [4.78, 5) is 16.5. The number of alkyl halides is 9. The van der Waals surface area contributed by atoms with Gasteiger partial charge in [0.05, 0.1) is 18.8 Å². The van der Waals surface area contributed by atoms with Crippen LogP contribution in [0.25, 0.3) is 0 Å². The molecule has 3 aliphatic heterocycles. The number of hydrogen-bond donors (Lipinski definition) is 0. The van der Waals surface area contributed by atoms with Crippen LogP contribution in [0.1, 0.15) is 24.0 Å². The van der Waals surface area contributed by atoms with Crippen molar-refractivity contribution in [2.45, 2.75) is 44.0 Å². The highest BCUT2D eigenvalue weighted by atomic mass is 19.4. The summed E-state index contributed by atoms with van der Waals surface area (Å²) in [6.45, 7) is 2.26. The van der Waals surface area contributed by atoms with Crippen molar-refractivity contribution in [2.75, 3.05) is 57.4 Å². The van der Waals surface area contributed by atoms with E-state index in [1.54, 1.807) is 6.07 Å². The summed E-state index contributed by atoms with van der Waals surface area (Å²) in [5.74, 6) is 0. The first-order valence-corrected chi connectivity index (χ1v) is 11.9. The van der Waals surface area contributed by atoms with Crippen LogP contribution in [0.4, 0.5) is 50.0 Å². The van der Waals surface area contributed by atoms with Crippen molar-refractivity contribution < 1.29 is 53.8 Å². The van der Waals surface area contributed by atoms with E-state index < -0.39 is 41.7 Å². The van der Waals surface area contributed by atoms with E-state index in [-0.39, 0.29) is 38.0 Å². The fourth-order valence-corrected chi connectivity index (χ4v) is 5.32. The molecule has 3 aliphatic rings. The van der Waals surface area contributed by atoms with Crippen LogP contribution in [0.2, 0.25) is 0 Å². The fourth-order valence-electron chi connectivity index (χ4n) is 5.32. The quantitative estimate of drug-likeness (QED) is 0.479. The molecule has 1 aromatic rings. The maximum Gasteiger partial charge on any atom is 0.434 e. The first-order valence-electron chi connectivity index (χ1n) is 11.9. The SMILES string of the molecule is O=C(OC(C(F)(F)F)C(F)(F)F)N1CCC2(CC1)CN(Cc1c(N3CCOCC3)cccc1C(F)(F)F)C2. The average molecular weight is 563 g/mol. The lowest BCUT2D eigenvalue weighted by Gasteiger charge is -2.54. The summed E-state index contributed by atoms with van der Waals surface area (Å²) < 4.78 is 127. The second kappa shape index (κ2) is 10.3. The predicted molar refractivity (Wildman–Crippen MR) is 115 cm³/mol. The minimum atomic E-state index is -5.80. The molecule has 3 fully saturated rings. The Hall–Kier alpha value is -2.42. The number of carbonyl (C=O) groups is 1. The van der Waals surface area contributed by atoms with E-state index in [1.165, 1.54) is 6.07 Å². The summed E-state index contributed by atoms with van der Waals surface area (Å²) in [6.07, 6.45) is -21.5. The second-order valence-electron chi connectivity index (χ2n) is 9.88. The van der Waals surface area contributed by atoms with E-state index in [2.05, 4.69) is 4.74 Å². The van der Waals surface area contributed by atoms with Crippen molar-refractivity contribution in [3.8, 4) is 0 Å². The highest BCUT2D eigenvalue weighted by Gasteiger charge is 2.60. The molecule has 15 heteroatoms. The maximum atomic E-state index is 13.8. The molecule has 0 unspecified atom stereocenters. The minimum absolute atomic E-state index is 0.0225. The van der Waals surface area contributed by atoms with Gasteiger partial charge in [-0.05, 0) is 30.4 Å². The third kappa shape index (κ3) is 6.24. The fraction of sp³-hybridized carbons (Fsp3) is 0.696. The third-order valence-electron chi connectivity index (χ3n) is 7.20. The third-order valence-corrected chi connectivity index (χ3v) is 7.20. The van der Waals surface area contributed by atoms with Gasteiger partial charge in [0.1, 0.15) is 0 Å². The Bertz CT molecular complexity index is 977.